The van der Waals surface area contributed by atoms with Crippen molar-refractivity contribution < 1.29 is 4.74 Å². The highest BCUT2D eigenvalue weighted by Crippen LogP contribution is 2.24. The van der Waals surface area contributed by atoms with Crippen LogP contribution in [-0.4, -0.2) is 12.1 Å². The molecule has 0 bridgehead atoms. The van der Waals surface area contributed by atoms with Crippen molar-refractivity contribution in [2.45, 2.75) is 51.9 Å². The van der Waals surface area contributed by atoms with Gasteiger partial charge >= 0.3 is 0 Å². The Bertz CT molecular complexity index is 323. The molecule has 0 fully saturated rings. The number of hydrogen-bond donors (Lipinski definition) is 1. The molecule has 2 N–H and O–H groups in total. The fourth-order valence-corrected chi connectivity index (χ4v) is 2.01. The first-order valence-corrected chi connectivity index (χ1v) is 6.59. The fraction of sp³-hybridized carbons (Fsp3) is 0.571. The van der Waals surface area contributed by atoms with Crippen LogP contribution < -0.4 is 5.73 Å². The van der Waals surface area contributed by atoms with E-state index in [4.69, 9.17) is 22.1 Å². The van der Waals surface area contributed by atoms with Crippen molar-refractivity contribution in [3.05, 3.63) is 34.9 Å². The quantitative estimate of drug-likeness (QED) is 0.836. The van der Waals surface area contributed by atoms with E-state index in [0.717, 1.165) is 23.4 Å². The first kappa shape index (κ1) is 14.5. The molecule has 0 aromatic heterocycles. The van der Waals surface area contributed by atoms with Crippen LogP contribution in [0.1, 0.15) is 45.3 Å². The van der Waals surface area contributed by atoms with Crippen LogP contribution in [0.15, 0.2) is 24.3 Å². The summed E-state index contributed by atoms with van der Waals surface area (Å²) in [7, 11) is 0. The first-order chi connectivity index (χ1) is 8.04. The maximum Gasteiger partial charge on any atom is 0.0976 e. The highest BCUT2D eigenvalue weighted by atomic mass is 35.5. The third-order valence-corrected chi connectivity index (χ3v) is 3.00. The topological polar surface area (TPSA) is 35.2 Å². The van der Waals surface area contributed by atoms with E-state index >= 15 is 0 Å². The molecule has 1 aromatic carbocycles. The Morgan fingerprint density at radius 2 is 1.82 bits per heavy atom. The number of halogens is 1. The monoisotopic (exact) mass is 255 g/mol. The molecule has 17 heavy (non-hydrogen) atoms. The minimum Gasteiger partial charge on any atom is -0.369 e. The van der Waals surface area contributed by atoms with E-state index in [2.05, 4.69) is 13.8 Å². The zero-order valence-corrected chi connectivity index (χ0v) is 11.6. The Balaban J connectivity index is 2.75. The molecule has 0 aliphatic carbocycles. The van der Waals surface area contributed by atoms with E-state index in [1.165, 1.54) is 0 Å². The minimum absolute atomic E-state index is 0.0320. The van der Waals surface area contributed by atoms with E-state index in [1.54, 1.807) is 0 Å². The number of hydrogen-bond acceptors (Lipinski definition) is 2. The second-order valence-corrected chi connectivity index (χ2v) is 5.00. The molecule has 96 valence electrons. The van der Waals surface area contributed by atoms with Gasteiger partial charge in [0.05, 0.1) is 12.2 Å². The SMILES string of the molecule is CCCC(C)OC(c1ccc(Cl)cc1)C(C)N. The summed E-state index contributed by atoms with van der Waals surface area (Å²) >= 11 is 5.88. The van der Waals surface area contributed by atoms with Gasteiger partial charge in [-0.25, -0.2) is 0 Å². The average molecular weight is 256 g/mol. The molecule has 3 heteroatoms. The molecular formula is C14H22ClNO. The molecule has 2 nitrogen and oxygen atoms in total. The lowest BCUT2D eigenvalue weighted by molar-refractivity contribution is -0.0186. The molecule has 1 aromatic rings. The highest BCUT2D eigenvalue weighted by molar-refractivity contribution is 6.30. The number of ether oxygens (including phenoxy) is 1. The number of rotatable bonds is 6. The van der Waals surface area contributed by atoms with E-state index in [-0.39, 0.29) is 18.2 Å². The van der Waals surface area contributed by atoms with E-state index < -0.39 is 0 Å². The largest absolute Gasteiger partial charge is 0.369 e. The van der Waals surface area contributed by atoms with Gasteiger partial charge in [-0.1, -0.05) is 37.1 Å². The maximum atomic E-state index is 6.01. The van der Waals surface area contributed by atoms with Crippen LogP contribution in [0.25, 0.3) is 0 Å². The summed E-state index contributed by atoms with van der Waals surface area (Å²) in [6, 6.07) is 7.68. The predicted octanol–water partition coefficient (Wildman–Crippen LogP) is 3.93. The summed E-state index contributed by atoms with van der Waals surface area (Å²) in [6.45, 7) is 6.22. The zero-order chi connectivity index (χ0) is 12.8. The maximum absolute atomic E-state index is 6.01. The predicted molar refractivity (Wildman–Crippen MR) is 73.3 cm³/mol. The Morgan fingerprint density at radius 1 is 1.24 bits per heavy atom. The van der Waals surface area contributed by atoms with Crippen LogP contribution in [0, 0.1) is 0 Å². The van der Waals surface area contributed by atoms with Crippen molar-refractivity contribution >= 4 is 11.6 Å². The fourth-order valence-electron chi connectivity index (χ4n) is 1.88. The lowest BCUT2D eigenvalue weighted by Crippen LogP contribution is -2.29. The van der Waals surface area contributed by atoms with Gasteiger partial charge in [0.25, 0.3) is 0 Å². The van der Waals surface area contributed by atoms with Crippen LogP contribution in [-0.2, 0) is 4.74 Å². The minimum atomic E-state index is -0.0613. The van der Waals surface area contributed by atoms with Crippen molar-refractivity contribution in [3.63, 3.8) is 0 Å². The molecule has 0 heterocycles. The van der Waals surface area contributed by atoms with Crippen molar-refractivity contribution in [1.82, 2.24) is 0 Å². The Morgan fingerprint density at radius 3 is 2.29 bits per heavy atom. The molecule has 0 radical (unpaired) electrons. The van der Waals surface area contributed by atoms with Gasteiger partial charge in [-0.2, -0.15) is 0 Å². The molecule has 3 atom stereocenters. The van der Waals surface area contributed by atoms with Gasteiger partial charge in [-0.05, 0) is 38.0 Å². The van der Waals surface area contributed by atoms with Crippen LogP contribution in [0.2, 0.25) is 5.02 Å². The Kier molecular flexibility index (Phi) is 5.96. The molecule has 0 saturated carbocycles. The number of benzene rings is 1. The second kappa shape index (κ2) is 7.00. The van der Waals surface area contributed by atoms with Crippen molar-refractivity contribution in [2.24, 2.45) is 5.73 Å². The summed E-state index contributed by atoms with van der Waals surface area (Å²) in [4.78, 5) is 0. The molecule has 3 unspecified atom stereocenters. The second-order valence-electron chi connectivity index (χ2n) is 4.57. The summed E-state index contributed by atoms with van der Waals surface area (Å²) < 4.78 is 6.01. The third-order valence-electron chi connectivity index (χ3n) is 2.75. The summed E-state index contributed by atoms with van der Waals surface area (Å²) in [5, 5.41) is 0.735. The standard InChI is InChI=1S/C14H22ClNO/c1-4-5-10(2)17-14(11(3)16)12-6-8-13(15)9-7-12/h6-11,14H,4-5,16H2,1-3H3. The molecule has 0 amide bonds. The van der Waals surface area contributed by atoms with Gasteiger partial charge in [0.1, 0.15) is 0 Å². The molecular weight excluding hydrogens is 234 g/mol. The van der Waals surface area contributed by atoms with Gasteiger partial charge < -0.3 is 10.5 Å². The van der Waals surface area contributed by atoms with Gasteiger partial charge in [-0.15, -0.1) is 0 Å². The smallest absolute Gasteiger partial charge is 0.0976 e. The zero-order valence-electron chi connectivity index (χ0n) is 10.8. The van der Waals surface area contributed by atoms with E-state index in [1.807, 2.05) is 31.2 Å². The van der Waals surface area contributed by atoms with Gasteiger partial charge in [0, 0.05) is 11.1 Å². The summed E-state index contributed by atoms with van der Waals surface area (Å²) in [5.74, 6) is 0. The van der Waals surface area contributed by atoms with Gasteiger partial charge in [0.15, 0.2) is 0 Å². The highest BCUT2D eigenvalue weighted by Gasteiger charge is 2.19. The van der Waals surface area contributed by atoms with Crippen LogP contribution in [0.4, 0.5) is 0 Å². The van der Waals surface area contributed by atoms with Crippen LogP contribution in [0.3, 0.4) is 0 Å². The lowest BCUT2D eigenvalue weighted by atomic mass is 10.0. The summed E-state index contributed by atoms with van der Waals surface area (Å²) in [6.07, 6.45) is 2.34. The third kappa shape index (κ3) is 4.66. The van der Waals surface area contributed by atoms with Crippen molar-refractivity contribution in [2.75, 3.05) is 0 Å². The molecule has 0 aliphatic rings. The molecule has 0 aliphatic heterocycles. The van der Waals surface area contributed by atoms with Crippen LogP contribution >= 0.6 is 11.6 Å². The van der Waals surface area contributed by atoms with Gasteiger partial charge in [0.2, 0.25) is 0 Å². The molecule has 0 saturated heterocycles. The van der Waals surface area contributed by atoms with Crippen molar-refractivity contribution in [1.29, 1.82) is 0 Å². The Hall–Kier alpha value is -0.570. The van der Waals surface area contributed by atoms with Crippen molar-refractivity contribution in [3.8, 4) is 0 Å². The normalized spacial score (nSPS) is 16.5. The Labute approximate surface area is 109 Å². The molecule has 1 rings (SSSR count). The first-order valence-electron chi connectivity index (χ1n) is 6.21. The number of nitrogens with two attached hydrogens (primary N) is 1. The van der Waals surface area contributed by atoms with E-state index in [9.17, 15) is 0 Å². The average Bonchev–Trinajstić information content (AvgIpc) is 2.27. The summed E-state index contributed by atoms with van der Waals surface area (Å²) in [5.41, 5.74) is 7.08. The van der Waals surface area contributed by atoms with Crippen LogP contribution in [0.5, 0.6) is 0 Å². The van der Waals surface area contributed by atoms with Gasteiger partial charge in [-0.3, -0.25) is 0 Å². The van der Waals surface area contributed by atoms with E-state index in [0.29, 0.717) is 0 Å². The molecule has 0 spiro atoms. The lowest BCUT2D eigenvalue weighted by Gasteiger charge is -2.25.